The molecule has 0 N–H and O–H groups in total. The van der Waals surface area contributed by atoms with E-state index in [1.807, 2.05) is 0 Å². The average molecular weight is 324 g/mol. The Morgan fingerprint density at radius 2 is 1.61 bits per heavy atom. The molecule has 0 aliphatic heterocycles. The van der Waals surface area contributed by atoms with E-state index in [1.54, 1.807) is 0 Å². The van der Waals surface area contributed by atoms with Gasteiger partial charge >= 0.3 is 0 Å². The lowest BCUT2D eigenvalue weighted by Gasteiger charge is -2.52. The van der Waals surface area contributed by atoms with Crippen LogP contribution in [0.1, 0.15) is 82.6 Å². The monoisotopic (exact) mass is 324 g/mol. The van der Waals surface area contributed by atoms with E-state index in [-0.39, 0.29) is 5.92 Å². The van der Waals surface area contributed by atoms with Gasteiger partial charge in [0.2, 0.25) is 0 Å². The van der Waals surface area contributed by atoms with Crippen LogP contribution < -0.4 is 0 Å². The fraction of sp³-hybridized carbons (Fsp3) is 0.700. The van der Waals surface area contributed by atoms with Crippen molar-refractivity contribution in [3.8, 4) is 0 Å². The molecule has 3 heteroatoms. The smallest absolute Gasteiger partial charge is 0.194 e. The Morgan fingerprint density at radius 1 is 1.00 bits per heavy atom. The molecule has 1 spiro atoms. The van der Waals surface area contributed by atoms with Crippen molar-refractivity contribution in [2.75, 3.05) is 0 Å². The zero-order chi connectivity index (χ0) is 16.4. The quantitative estimate of drug-likeness (QED) is 0.415. The molecule has 0 radical (unpaired) electrons. The molecular formula is C20H27F3. The van der Waals surface area contributed by atoms with Crippen LogP contribution in [-0.4, -0.2) is 0 Å². The molecule has 2 aliphatic carbocycles. The zero-order valence-corrected chi connectivity index (χ0v) is 14.0. The molecule has 128 valence electrons. The highest BCUT2D eigenvalue weighted by Crippen LogP contribution is 2.58. The van der Waals surface area contributed by atoms with Crippen molar-refractivity contribution in [1.29, 1.82) is 0 Å². The molecule has 0 aromatic heterocycles. The van der Waals surface area contributed by atoms with E-state index in [4.69, 9.17) is 0 Å². The van der Waals surface area contributed by atoms with Gasteiger partial charge in [-0.2, -0.15) is 0 Å². The van der Waals surface area contributed by atoms with Crippen LogP contribution in [0.2, 0.25) is 0 Å². The van der Waals surface area contributed by atoms with Crippen LogP contribution in [0.15, 0.2) is 12.1 Å². The number of rotatable bonds is 5. The highest BCUT2D eigenvalue weighted by atomic mass is 19.2. The summed E-state index contributed by atoms with van der Waals surface area (Å²) in [5, 5.41) is 0. The van der Waals surface area contributed by atoms with Gasteiger partial charge in [-0.3, -0.25) is 0 Å². The van der Waals surface area contributed by atoms with Crippen LogP contribution in [0.25, 0.3) is 0 Å². The van der Waals surface area contributed by atoms with Gasteiger partial charge in [-0.05, 0) is 73.5 Å². The summed E-state index contributed by atoms with van der Waals surface area (Å²) < 4.78 is 39.9. The zero-order valence-electron chi connectivity index (χ0n) is 14.0. The molecule has 0 atom stereocenters. The molecule has 23 heavy (non-hydrogen) atoms. The maximum atomic E-state index is 13.4. The summed E-state index contributed by atoms with van der Waals surface area (Å²) in [6.07, 6.45) is 12.3. The van der Waals surface area contributed by atoms with Gasteiger partial charge in [-0.25, -0.2) is 13.2 Å². The molecule has 1 aromatic carbocycles. The number of benzene rings is 1. The molecule has 1 aromatic rings. The molecule has 0 unspecified atom stereocenters. The molecule has 2 saturated carbocycles. The molecule has 0 bridgehead atoms. The maximum absolute atomic E-state index is 13.4. The molecule has 0 amide bonds. The standard InChI is InChI=1S/C20H27F3/c1-2-3-4-5-14-12-20(13-14)8-6-15(7-9-20)16-10-17(21)19(23)18(22)11-16/h10-11,14-15H,2-9,12-13H2,1H3. The average Bonchev–Trinajstić information content (AvgIpc) is 2.51. The van der Waals surface area contributed by atoms with Gasteiger partial charge in [0, 0.05) is 0 Å². The van der Waals surface area contributed by atoms with E-state index < -0.39 is 17.5 Å². The first kappa shape index (κ1) is 16.9. The predicted octanol–water partition coefficient (Wildman–Crippen LogP) is 6.74. The van der Waals surface area contributed by atoms with E-state index in [1.165, 1.54) is 50.7 Å². The third kappa shape index (κ3) is 3.59. The highest BCUT2D eigenvalue weighted by molar-refractivity contribution is 5.24. The number of unbranched alkanes of at least 4 members (excludes halogenated alkanes) is 2. The largest absolute Gasteiger partial charge is 0.204 e. The van der Waals surface area contributed by atoms with Crippen LogP contribution in [0.4, 0.5) is 13.2 Å². The Bertz CT molecular complexity index is 513. The first-order chi connectivity index (χ1) is 11.0. The molecule has 3 rings (SSSR count). The van der Waals surface area contributed by atoms with Gasteiger partial charge in [-0.15, -0.1) is 0 Å². The van der Waals surface area contributed by atoms with Crippen LogP contribution in [0.3, 0.4) is 0 Å². The Kier molecular flexibility index (Phi) is 5.03. The Labute approximate surface area is 137 Å². The van der Waals surface area contributed by atoms with Crippen LogP contribution >= 0.6 is 0 Å². The van der Waals surface area contributed by atoms with Crippen LogP contribution in [0.5, 0.6) is 0 Å². The summed E-state index contributed by atoms with van der Waals surface area (Å²) >= 11 is 0. The fourth-order valence-corrected chi connectivity index (χ4v) is 4.83. The first-order valence-corrected chi connectivity index (χ1v) is 9.17. The predicted molar refractivity (Wildman–Crippen MR) is 86.8 cm³/mol. The van der Waals surface area contributed by atoms with Gasteiger partial charge in [-0.1, -0.05) is 32.6 Å². The van der Waals surface area contributed by atoms with Crippen molar-refractivity contribution in [2.24, 2.45) is 11.3 Å². The van der Waals surface area contributed by atoms with Gasteiger partial charge in [0.1, 0.15) is 0 Å². The number of hydrogen-bond donors (Lipinski definition) is 0. The lowest BCUT2D eigenvalue weighted by atomic mass is 9.53. The molecule has 2 fully saturated rings. The Hall–Kier alpha value is -0.990. The number of halogens is 3. The topological polar surface area (TPSA) is 0 Å². The summed E-state index contributed by atoms with van der Waals surface area (Å²) in [5.74, 6) is -2.38. The second-order valence-electron chi connectivity index (χ2n) is 7.84. The van der Waals surface area contributed by atoms with Gasteiger partial charge in [0.25, 0.3) is 0 Å². The summed E-state index contributed by atoms with van der Waals surface area (Å²) in [7, 11) is 0. The first-order valence-electron chi connectivity index (χ1n) is 9.17. The highest BCUT2D eigenvalue weighted by Gasteiger charge is 2.45. The lowest BCUT2D eigenvalue weighted by Crippen LogP contribution is -2.40. The SMILES string of the molecule is CCCCCC1CC2(CCC(c3cc(F)c(F)c(F)c3)CC2)C1. The fourth-order valence-electron chi connectivity index (χ4n) is 4.83. The molecular weight excluding hydrogens is 297 g/mol. The van der Waals surface area contributed by atoms with Crippen molar-refractivity contribution in [3.63, 3.8) is 0 Å². The van der Waals surface area contributed by atoms with Gasteiger partial charge in [0.15, 0.2) is 17.5 Å². The summed E-state index contributed by atoms with van der Waals surface area (Å²) in [5.41, 5.74) is 1.14. The maximum Gasteiger partial charge on any atom is 0.194 e. The van der Waals surface area contributed by atoms with Gasteiger partial charge < -0.3 is 0 Å². The second-order valence-corrected chi connectivity index (χ2v) is 7.84. The second kappa shape index (κ2) is 6.86. The van der Waals surface area contributed by atoms with E-state index in [0.29, 0.717) is 11.0 Å². The summed E-state index contributed by atoms with van der Waals surface area (Å²) in [6, 6.07) is 2.38. The van der Waals surface area contributed by atoms with Gasteiger partial charge in [0.05, 0.1) is 0 Å². The Morgan fingerprint density at radius 3 is 2.17 bits per heavy atom. The third-order valence-electron chi connectivity index (χ3n) is 6.18. The van der Waals surface area contributed by atoms with E-state index in [2.05, 4.69) is 6.92 Å². The van der Waals surface area contributed by atoms with E-state index >= 15 is 0 Å². The van der Waals surface area contributed by atoms with Crippen molar-refractivity contribution in [3.05, 3.63) is 35.1 Å². The summed E-state index contributed by atoms with van der Waals surface area (Å²) in [6.45, 7) is 2.24. The van der Waals surface area contributed by atoms with Crippen molar-refractivity contribution in [1.82, 2.24) is 0 Å². The van der Waals surface area contributed by atoms with Crippen molar-refractivity contribution >= 4 is 0 Å². The van der Waals surface area contributed by atoms with E-state index in [9.17, 15) is 13.2 Å². The van der Waals surface area contributed by atoms with E-state index in [0.717, 1.165) is 31.6 Å². The normalized spacial score (nSPS) is 30.4. The minimum Gasteiger partial charge on any atom is -0.204 e. The molecule has 0 saturated heterocycles. The molecule has 0 nitrogen and oxygen atoms in total. The van der Waals surface area contributed by atoms with Crippen molar-refractivity contribution < 1.29 is 13.2 Å². The number of hydrogen-bond acceptors (Lipinski definition) is 0. The third-order valence-corrected chi connectivity index (χ3v) is 6.18. The van der Waals surface area contributed by atoms with Crippen LogP contribution in [0, 0.1) is 28.8 Å². The Balaban J connectivity index is 1.52. The summed E-state index contributed by atoms with van der Waals surface area (Å²) in [4.78, 5) is 0. The molecule has 0 heterocycles. The van der Waals surface area contributed by atoms with Crippen LogP contribution in [-0.2, 0) is 0 Å². The molecule has 2 aliphatic rings. The minimum absolute atomic E-state index is 0.185. The minimum atomic E-state index is -1.35. The lowest BCUT2D eigenvalue weighted by molar-refractivity contribution is 0.00449. The van der Waals surface area contributed by atoms with Crippen molar-refractivity contribution in [2.45, 2.75) is 77.0 Å².